The largest absolute Gasteiger partial charge is 0.339 e. The molecule has 1 aromatic carbocycles. The summed E-state index contributed by atoms with van der Waals surface area (Å²) in [4.78, 5) is 14.1. The molecule has 1 aliphatic rings. The zero-order valence-electron chi connectivity index (χ0n) is 14.0. The van der Waals surface area contributed by atoms with Crippen LogP contribution >= 0.6 is 15.9 Å². The van der Waals surface area contributed by atoms with Crippen molar-refractivity contribution in [2.45, 2.75) is 25.8 Å². The Hall–Kier alpha value is -1.18. The molecule has 0 aliphatic carbocycles. The topological polar surface area (TPSA) is 57.7 Å². The minimum Gasteiger partial charge on any atom is -0.339 e. The van der Waals surface area contributed by atoms with Crippen molar-refractivity contribution in [3.8, 4) is 0 Å². The number of hydrogen-bond donors (Lipinski definition) is 0. The first-order valence-electron chi connectivity index (χ1n) is 8.02. The van der Waals surface area contributed by atoms with E-state index in [0.717, 1.165) is 10.0 Å². The lowest BCUT2D eigenvalue weighted by Gasteiger charge is -2.35. The van der Waals surface area contributed by atoms with Gasteiger partial charge in [0.05, 0.1) is 5.75 Å². The fraction of sp³-hybridized carbons (Fsp3) is 0.471. The lowest BCUT2D eigenvalue weighted by molar-refractivity contribution is -0.127. The minimum atomic E-state index is -3.18. The molecule has 0 N–H and O–H groups in total. The van der Waals surface area contributed by atoms with Gasteiger partial charge in [-0.05, 0) is 37.5 Å². The summed E-state index contributed by atoms with van der Waals surface area (Å²) in [5.41, 5.74) is 0.953. The van der Waals surface area contributed by atoms with Crippen molar-refractivity contribution in [2.75, 3.05) is 25.9 Å². The van der Waals surface area contributed by atoms with E-state index in [4.69, 9.17) is 0 Å². The molecular formula is C17H23BrN2O3S. The maximum Gasteiger partial charge on any atom is 0.246 e. The smallest absolute Gasteiger partial charge is 0.246 e. The van der Waals surface area contributed by atoms with Gasteiger partial charge in [0.25, 0.3) is 0 Å². The molecule has 1 heterocycles. The van der Waals surface area contributed by atoms with Crippen LogP contribution in [0.2, 0.25) is 0 Å². The van der Waals surface area contributed by atoms with Gasteiger partial charge in [-0.3, -0.25) is 4.79 Å². The van der Waals surface area contributed by atoms with Crippen molar-refractivity contribution in [2.24, 2.45) is 0 Å². The molecule has 0 spiro atoms. The molecule has 1 aromatic rings. The van der Waals surface area contributed by atoms with Crippen LogP contribution in [-0.2, 0) is 14.8 Å². The van der Waals surface area contributed by atoms with Crippen molar-refractivity contribution in [3.05, 3.63) is 40.4 Å². The number of benzene rings is 1. The second kappa shape index (κ2) is 8.27. The van der Waals surface area contributed by atoms with Gasteiger partial charge in [0.1, 0.15) is 0 Å². The highest BCUT2D eigenvalue weighted by Crippen LogP contribution is 2.20. The van der Waals surface area contributed by atoms with E-state index in [1.165, 1.54) is 4.31 Å². The van der Waals surface area contributed by atoms with E-state index in [1.54, 1.807) is 31.0 Å². The molecule has 0 unspecified atom stereocenters. The van der Waals surface area contributed by atoms with Crippen LogP contribution in [0, 0.1) is 0 Å². The van der Waals surface area contributed by atoms with Gasteiger partial charge in [0.2, 0.25) is 15.9 Å². The van der Waals surface area contributed by atoms with E-state index in [1.807, 2.05) is 24.3 Å². The van der Waals surface area contributed by atoms with Crippen LogP contribution in [-0.4, -0.2) is 55.5 Å². The number of rotatable bonds is 5. The molecule has 132 valence electrons. The van der Waals surface area contributed by atoms with Gasteiger partial charge in [-0.1, -0.05) is 34.1 Å². The summed E-state index contributed by atoms with van der Waals surface area (Å²) < 4.78 is 26.3. The summed E-state index contributed by atoms with van der Waals surface area (Å²) in [6.07, 6.45) is 4.72. The Morgan fingerprint density at radius 2 is 1.96 bits per heavy atom. The third kappa shape index (κ3) is 4.68. The molecule has 2 rings (SSSR count). The van der Waals surface area contributed by atoms with Crippen molar-refractivity contribution in [1.82, 2.24) is 9.21 Å². The molecule has 7 heteroatoms. The zero-order chi connectivity index (χ0) is 17.7. The monoisotopic (exact) mass is 414 g/mol. The van der Waals surface area contributed by atoms with E-state index in [-0.39, 0.29) is 17.7 Å². The summed E-state index contributed by atoms with van der Waals surface area (Å²) in [5, 5.41) is 0. The Morgan fingerprint density at radius 3 is 2.54 bits per heavy atom. The predicted octanol–water partition coefficient (Wildman–Crippen LogP) is 2.73. The van der Waals surface area contributed by atoms with Crippen molar-refractivity contribution in [1.29, 1.82) is 0 Å². The van der Waals surface area contributed by atoms with Gasteiger partial charge < -0.3 is 4.90 Å². The second-order valence-corrected chi connectivity index (χ2v) is 9.00. The number of sulfonamides is 1. The molecule has 0 bridgehead atoms. The normalized spacial score (nSPS) is 16.9. The Bertz CT molecular complexity index is 710. The number of likely N-dealkylation sites (tertiary alicyclic amines) is 1. The quantitative estimate of drug-likeness (QED) is 0.695. The lowest BCUT2D eigenvalue weighted by Crippen LogP contribution is -2.47. The average Bonchev–Trinajstić information content (AvgIpc) is 2.60. The zero-order valence-corrected chi connectivity index (χ0v) is 16.4. The number of halogens is 1. The summed E-state index contributed by atoms with van der Waals surface area (Å²) in [5.74, 6) is 0.0716. The standard InChI is InChI=1S/C17H23BrN2O3S/c1-3-24(22,23)19(2)15-10-12-20(13-11-15)17(21)9-8-14-6-4-5-7-16(14)18/h4-9,15H,3,10-13H2,1-2H3. The Morgan fingerprint density at radius 1 is 1.33 bits per heavy atom. The lowest BCUT2D eigenvalue weighted by atomic mass is 10.1. The molecule has 5 nitrogen and oxygen atoms in total. The van der Waals surface area contributed by atoms with E-state index in [2.05, 4.69) is 15.9 Å². The number of piperidine rings is 1. The van der Waals surface area contributed by atoms with Gasteiger partial charge >= 0.3 is 0 Å². The first kappa shape index (κ1) is 19.1. The van der Waals surface area contributed by atoms with Crippen LogP contribution < -0.4 is 0 Å². The minimum absolute atomic E-state index is 0.0220. The fourth-order valence-electron chi connectivity index (χ4n) is 2.76. The summed E-state index contributed by atoms with van der Waals surface area (Å²) in [6.45, 7) is 2.80. The Kier molecular flexibility index (Phi) is 6.60. The fourth-order valence-corrected chi connectivity index (χ4v) is 4.25. The maximum absolute atomic E-state index is 12.3. The van der Waals surface area contributed by atoms with E-state index in [0.29, 0.717) is 25.9 Å². The SMILES string of the molecule is CCS(=O)(=O)N(C)C1CCN(C(=O)C=Cc2ccccc2Br)CC1. The van der Waals surface area contributed by atoms with Crippen molar-refractivity contribution in [3.63, 3.8) is 0 Å². The Labute approximate surface area is 152 Å². The number of amides is 1. The van der Waals surface area contributed by atoms with Crippen LogP contribution in [0.5, 0.6) is 0 Å². The predicted molar refractivity (Wildman–Crippen MR) is 100 cm³/mol. The van der Waals surface area contributed by atoms with Gasteiger partial charge in [-0.25, -0.2) is 12.7 Å². The molecule has 0 radical (unpaired) electrons. The third-order valence-corrected chi connectivity index (χ3v) is 7.03. The van der Waals surface area contributed by atoms with Gasteiger partial charge in [-0.2, -0.15) is 0 Å². The van der Waals surface area contributed by atoms with Crippen LogP contribution in [0.25, 0.3) is 6.08 Å². The summed E-state index contributed by atoms with van der Waals surface area (Å²) >= 11 is 3.45. The number of carbonyl (C=O) groups excluding carboxylic acids is 1. The molecule has 1 fully saturated rings. The Balaban J connectivity index is 1.92. The molecule has 0 aromatic heterocycles. The highest BCUT2D eigenvalue weighted by Gasteiger charge is 2.29. The van der Waals surface area contributed by atoms with Gasteiger partial charge in [0, 0.05) is 36.7 Å². The summed E-state index contributed by atoms with van der Waals surface area (Å²) in [6, 6.07) is 7.69. The number of nitrogens with zero attached hydrogens (tertiary/aromatic N) is 2. The summed E-state index contributed by atoms with van der Waals surface area (Å²) in [7, 11) is -1.54. The number of carbonyl (C=O) groups is 1. The molecule has 1 saturated heterocycles. The molecule has 24 heavy (non-hydrogen) atoms. The van der Waals surface area contributed by atoms with E-state index < -0.39 is 10.0 Å². The first-order chi connectivity index (χ1) is 11.3. The first-order valence-corrected chi connectivity index (χ1v) is 10.4. The molecule has 0 atom stereocenters. The van der Waals surface area contributed by atoms with Crippen LogP contribution in [0.15, 0.2) is 34.8 Å². The molecule has 1 aliphatic heterocycles. The van der Waals surface area contributed by atoms with E-state index >= 15 is 0 Å². The number of hydrogen-bond acceptors (Lipinski definition) is 3. The molecule has 1 amide bonds. The van der Waals surface area contributed by atoms with Gasteiger partial charge in [0.15, 0.2) is 0 Å². The van der Waals surface area contributed by atoms with Crippen molar-refractivity contribution >= 4 is 37.9 Å². The van der Waals surface area contributed by atoms with Crippen LogP contribution in [0.1, 0.15) is 25.3 Å². The average molecular weight is 415 g/mol. The molecule has 0 saturated carbocycles. The van der Waals surface area contributed by atoms with E-state index in [9.17, 15) is 13.2 Å². The third-order valence-electron chi connectivity index (χ3n) is 4.40. The van der Waals surface area contributed by atoms with Crippen molar-refractivity contribution < 1.29 is 13.2 Å². The highest BCUT2D eigenvalue weighted by atomic mass is 79.9. The van der Waals surface area contributed by atoms with Gasteiger partial charge in [-0.15, -0.1) is 0 Å². The second-order valence-electron chi connectivity index (χ2n) is 5.83. The molecular weight excluding hydrogens is 392 g/mol. The maximum atomic E-state index is 12.3. The van der Waals surface area contributed by atoms with Crippen LogP contribution in [0.3, 0.4) is 0 Å². The van der Waals surface area contributed by atoms with Crippen LogP contribution in [0.4, 0.5) is 0 Å². The highest BCUT2D eigenvalue weighted by molar-refractivity contribution is 9.10.